The summed E-state index contributed by atoms with van der Waals surface area (Å²) in [6, 6.07) is 9.14. The number of unbranched alkanes of at least 4 members (excludes halogenated alkanes) is 1. The number of nitrogens with zero attached hydrogens (tertiary/aromatic N) is 1. The molecule has 0 saturated heterocycles. The number of carbonyl (C=O) groups is 2. The topological polar surface area (TPSA) is 119 Å². The summed E-state index contributed by atoms with van der Waals surface area (Å²) in [6.07, 6.45) is 2.28. The van der Waals surface area contributed by atoms with Gasteiger partial charge in [-0.1, -0.05) is 44.2 Å². The van der Waals surface area contributed by atoms with E-state index in [0.29, 0.717) is 31.8 Å². The number of nitrogens with one attached hydrogen (secondary N) is 2. The van der Waals surface area contributed by atoms with Crippen molar-refractivity contribution in [3.05, 3.63) is 53.7 Å². The van der Waals surface area contributed by atoms with Gasteiger partial charge in [0.15, 0.2) is 5.69 Å². The van der Waals surface area contributed by atoms with Crippen molar-refractivity contribution in [3.8, 4) is 0 Å². The van der Waals surface area contributed by atoms with Crippen LogP contribution in [0.3, 0.4) is 0 Å². The summed E-state index contributed by atoms with van der Waals surface area (Å²) in [7, 11) is 0. The van der Waals surface area contributed by atoms with Gasteiger partial charge in [0.05, 0.1) is 6.04 Å². The van der Waals surface area contributed by atoms with Crippen LogP contribution in [0.5, 0.6) is 0 Å². The molecule has 2 aromatic rings. The first-order chi connectivity index (χ1) is 13.5. The lowest BCUT2D eigenvalue weighted by atomic mass is 10.1. The molecule has 1 aromatic carbocycles. The maximum Gasteiger partial charge on any atom is 0.407 e. The first kappa shape index (κ1) is 21.4. The maximum absolute atomic E-state index is 12.0. The second kappa shape index (κ2) is 11.1. The zero-order chi connectivity index (χ0) is 20.4. The number of rotatable bonds is 10. The van der Waals surface area contributed by atoms with Gasteiger partial charge in [-0.15, -0.1) is 0 Å². The van der Waals surface area contributed by atoms with Gasteiger partial charge in [-0.2, -0.15) is 0 Å². The molecule has 28 heavy (non-hydrogen) atoms. The first-order valence-electron chi connectivity index (χ1n) is 9.41. The molecule has 0 aliphatic carbocycles. The molecule has 2 rings (SSSR count). The van der Waals surface area contributed by atoms with Crippen molar-refractivity contribution in [1.82, 2.24) is 15.6 Å². The fourth-order valence-corrected chi connectivity index (χ4v) is 2.34. The number of hydrogen-bond acceptors (Lipinski definition) is 6. The zero-order valence-electron chi connectivity index (χ0n) is 16.3. The number of ether oxygens (including phenoxy) is 1. The Bertz CT molecular complexity index is 746. The Kier molecular flexibility index (Phi) is 8.48. The third-order valence-corrected chi connectivity index (χ3v) is 4.13. The standard InChI is InChI=1S/C20H28N4O4/c1-14(2)17(21)19-24-16(13-27-19)18(25)22-10-6-7-11-23-20(26)28-12-15-8-4-3-5-9-15/h3-5,8-9,13-14,17H,6-7,10-12,21H2,1-2H3,(H,22,25)(H,23,26). The normalized spacial score (nSPS) is 11.9. The van der Waals surface area contributed by atoms with Crippen LogP contribution in [0, 0.1) is 5.92 Å². The Morgan fingerprint density at radius 3 is 2.50 bits per heavy atom. The average Bonchev–Trinajstić information content (AvgIpc) is 3.19. The lowest BCUT2D eigenvalue weighted by Gasteiger charge is -2.10. The molecule has 0 saturated carbocycles. The van der Waals surface area contributed by atoms with Gasteiger partial charge in [0, 0.05) is 13.1 Å². The Labute approximate surface area is 164 Å². The van der Waals surface area contributed by atoms with E-state index in [0.717, 1.165) is 5.56 Å². The Morgan fingerprint density at radius 2 is 1.82 bits per heavy atom. The minimum absolute atomic E-state index is 0.168. The molecule has 1 aromatic heterocycles. The molecule has 0 bridgehead atoms. The number of nitrogens with two attached hydrogens (primary N) is 1. The fourth-order valence-electron chi connectivity index (χ4n) is 2.34. The van der Waals surface area contributed by atoms with Crippen molar-refractivity contribution < 1.29 is 18.7 Å². The van der Waals surface area contributed by atoms with Gasteiger partial charge in [-0.05, 0) is 24.3 Å². The predicted octanol–water partition coefficient (Wildman–Crippen LogP) is 2.77. The summed E-state index contributed by atoms with van der Waals surface area (Å²) in [5.74, 6) is 0.223. The zero-order valence-corrected chi connectivity index (χ0v) is 16.3. The van der Waals surface area contributed by atoms with E-state index in [9.17, 15) is 9.59 Å². The quantitative estimate of drug-likeness (QED) is 0.538. The van der Waals surface area contributed by atoms with Crippen LogP contribution in [0.1, 0.15) is 54.7 Å². The summed E-state index contributed by atoms with van der Waals surface area (Å²) >= 11 is 0. The summed E-state index contributed by atoms with van der Waals surface area (Å²) in [4.78, 5) is 27.8. The van der Waals surface area contributed by atoms with E-state index >= 15 is 0 Å². The van der Waals surface area contributed by atoms with E-state index in [1.54, 1.807) is 0 Å². The molecule has 0 radical (unpaired) electrons. The molecule has 8 heteroatoms. The number of aromatic nitrogens is 1. The fraction of sp³-hybridized carbons (Fsp3) is 0.450. The molecular formula is C20H28N4O4. The molecule has 0 aliphatic heterocycles. The van der Waals surface area contributed by atoms with E-state index in [2.05, 4.69) is 15.6 Å². The van der Waals surface area contributed by atoms with Crippen LogP contribution >= 0.6 is 0 Å². The molecule has 2 amide bonds. The van der Waals surface area contributed by atoms with Crippen LogP contribution in [0.4, 0.5) is 4.79 Å². The third kappa shape index (κ3) is 7.03. The molecule has 0 fully saturated rings. The highest BCUT2D eigenvalue weighted by Crippen LogP contribution is 2.17. The summed E-state index contributed by atoms with van der Waals surface area (Å²) in [6.45, 7) is 5.10. The van der Waals surface area contributed by atoms with Crippen molar-refractivity contribution in [3.63, 3.8) is 0 Å². The van der Waals surface area contributed by atoms with E-state index in [4.69, 9.17) is 14.9 Å². The number of benzene rings is 1. The van der Waals surface area contributed by atoms with Crippen LogP contribution < -0.4 is 16.4 Å². The van der Waals surface area contributed by atoms with Gasteiger partial charge in [0.1, 0.15) is 12.9 Å². The van der Waals surface area contributed by atoms with Gasteiger partial charge < -0.3 is 25.5 Å². The summed E-state index contributed by atoms with van der Waals surface area (Å²) in [5, 5.41) is 5.45. The minimum atomic E-state index is -0.454. The first-order valence-corrected chi connectivity index (χ1v) is 9.41. The van der Waals surface area contributed by atoms with Gasteiger partial charge in [0.25, 0.3) is 5.91 Å². The molecule has 152 valence electrons. The second-order valence-electron chi connectivity index (χ2n) is 6.79. The van der Waals surface area contributed by atoms with Gasteiger partial charge in [-0.25, -0.2) is 9.78 Å². The Balaban J connectivity index is 1.56. The van der Waals surface area contributed by atoms with Crippen LogP contribution in [0.25, 0.3) is 0 Å². The molecule has 0 aliphatic rings. The van der Waals surface area contributed by atoms with E-state index in [1.165, 1.54) is 6.26 Å². The smallest absolute Gasteiger partial charge is 0.407 e. The van der Waals surface area contributed by atoms with Crippen LogP contribution in [0.2, 0.25) is 0 Å². The number of carbonyl (C=O) groups excluding carboxylic acids is 2. The summed E-state index contributed by atoms with van der Waals surface area (Å²) < 4.78 is 10.4. The highest BCUT2D eigenvalue weighted by atomic mass is 16.5. The average molecular weight is 388 g/mol. The molecule has 4 N–H and O–H groups in total. The number of alkyl carbamates (subject to hydrolysis) is 1. The highest BCUT2D eigenvalue weighted by molar-refractivity contribution is 5.91. The van der Waals surface area contributed by atoms with E-state index in [-0.39, 0.29) is 30.2 Å². The monoisotopic (exact) mass is 388 g/mol. The van der Waals surface area contributed by atoms with Crippen molar-refractivity contribution in [2.45, 2.75) is 39.3 Å². The second-order valence-corrected chi connectivity index (χ2v) is 6.79. The maximum atomic E-state index is 12.0. The van der Waals surface area contributed by atoms with Crippen molar-refractivity contribution in [1.29, 1.82) is 0 Å². The largest absolute Gasteiger partial charge is 0.446 e. The van der Waals surface area contributed by atoms with E-state index < -0.39 is 6.09 Å². The molecule has 1 atom stereocenters. The predicted molar refractivity (Wildman–Crippen MR) is 104 cm³/mol. The minimum Gasteiger partial charge on any atom is -0.446 e. The lowest BCUT2D eigenvalue weighted by molar-refractivity contribution is 0.0947. The molecular weight excluding hydrogens is 360 g/mol. The van der Waals surface area contributed by atoms with Gasteiger partial charge in [-0.3, -0.25) is 4.79 Å². The lowest BCUT2D eigenvalue weighted by Crippen LogP contribution is -2.28. The van der Waals surface area contributed by atoms with Crippen LogP contribution in [0.15, 0.2) is 41.0 Å². The SMILES string of the molecule is CC(C)C(N)c1nc(C(=O)NCCCCNC(=O)OCc2ccccc2)co1. The van der Waals surface area contributed by atoms with Crippen molar-refractivity contribution >= 4 is 12.0 Å². The van der Waals surface area contributed by atoms with Crippen molar-refractivity contribution in [2.24, 2.45) is 11.7 Å². The van der Waals surface area contributed by atoms with Gasteiger partial charge in [0.2, 0.25) is 5.89 Å². The Morgan fingerprint density at radius 1 is 1.14 bits per heavy atom. The molecule has 8 nitrogen and oxygen atoms in total. The molecule has 1 unspecified atom stereocenters. The van der Waals surface area contributed by atoms with Crippen LogP contribution in [-0.4, -0.2) is 30.1 Å². The van der Waals surface area contributed by atoms with Gasteiger partial charge >= 0.3 is 6.09 Å². The number of oxazole rings is 1. The van der Waals surface area contributed by atoms with Crippen molar-refractivity contribution in [2.75, 3.05) is 13.1 Å². The van der Waals surface area contributed by atoms with E-state index in [1.807, 2.05) is 44.2 Å². The summed E-state index contributed by atoms with van der Waals surface area (Å²) in [5.41, 5.74) is 7.10. The number of hydrogen-bond donors (Lipinski definition) is 3. The van der Waals surface area contributed by atoms with Crippen LogP contribution in [-0.2, 0) is 11.3 Å². The number of amides is 2. The molecule has 1 heterocycles. The molecule has 0 spiro atoms. The highest BCUT2D eigenvalue weighted by Gasteiger charge is 2.19. The Hall–Kier alpha value is -2.87. The third-order valence-electron chi connectivity index (χ3n) is 4.13.